The van der Waals surface area contributed by atoms with E-state index in [0.29, 0.717) is 11.4 Å². The summed E-state index contributed by atoms with van der Waals surface area (Å²) in [6.07, 6.45) is 5.24. The van der Waals surface area contributed by atoms with E-state index in [4.69, 9.17) is 10.9 Å². The maximum atomic E-state index is 8.71. The van der Waals surface area contributed by atoms with Crippen LogP contribution in [0.4, 0.5) is 0 Å². The average molecular weight is 263 g/mol. The monoisotopic (exact) mass is 263 g/mol. The summed E-state index contributed by atoms with van der Waals surface area (Å²) in [7, 11) is 1.93. The maximum absolute atomic E-state index is 8.71. The van der Waals surface area contributed by atoms with Crippen LogP contribution in [0.3, 0.4) is 0 Å². The van der Waals surface area contributed by atoms with Crippen molar-refractivity contribution in [2.75, 3.05) is 0 Å². The molecule has 18 heavy (non-hydrogen) atoms. The molecule has 0 aromatic carbocycles. The third-order valence-electron chi connectivity index (χ3n) is 2.38. The molecule has 0 bridgehead atoms. The van der Waals surface area contributed by atoms with Crippen LogP contribution >= 0.6 is 11.8 Å². The Hall–Kier alpha value is -2.02. The number of pyridine rings is 1. The summed E-state index contributed by atoms with van der Waals surface area (Å²) in [5.74, 6) is 0.676. The number of nitrogens with zero attached hydrogens (tertiary/aromatic N) is 4. The molecule has 6 nitrogen and oxygen atoms in total. The standard InChI is InChI=1S/C11H13N5OS/c1-16-6-5-14-11(16)18-7-8-3-2-4-13-9(8)10(12)15-17/h2-6,17H,7H2,1H3,(H2,12,15). The second-order valence-corrected chi connectivity index (χ2v) is 4.55. The van der Waals surface area contributed by atoms with Gasteiger partial charge in [0.25, 0.3) is 0 Å². The smallest absolute Gasteiger partial charge is 0.189 e. The van der Waals surface area contributed by atoms with E-state index in [0.717, 1.165) is 10.7 Å². The fraction of sp³-hybridized carbons (Fsp3) is 0.182. The van der Waals surface area contributed by atoms with Gasteiger partial charge in [-0.1, -0.05) is 23.0 Å². The zero-order valence-electron chi connectivity index (χ0n) is 9.82. The fourth-order valence-corrected chi connectivity index (χ4v) is 2.38. The fourth-order valence-electron chi connectivity index (χ4n) is 1.47. The van der Waals surface area contributed by atoms with Crippen LogP contribution in [0.1, 0.15) is 11.3 Å². The van der Waals surface area contributed by atoms with Gasteiger partial charge < -0.3 is 15.5 Å². The number of nitrogens with two attached hydrogens (primary N) is 1. The van der Waals surface area contributed by atoms with Gasteiger partial charge in [0.1, 0.15) is 5.69 Å². The molecule has 7 heteroatoms. The Balaban J connectivity index is 2.17. The highest BCUT2D eigenvalue weighted by molar-refractivity contribution is 7.98. The molecule has 0 saturated carbocycles. The highest BCUT2D eigenvalue weighted by atomic mass is 32.2. The number of hydrogen-bond donors (Lipinski definition) is 2. The Kier molecular flexibility index (Phi) is 3.83. The summed E-state index contributed by atoms with van der Waals surface area (Å²) < 4.78 is 1.93. The summed E-state index contributed by atoms with van der Waals surface area (Å²) in [4.78, 5) is 8.34. The lowest BCUT2D eigenvalue weighted by atomic mass is 10.2. The summed E-state index contributed by atoms with van der Waals surface area (Å²) in [6, 6.07) is 3.72. The molecule has 0 saturated heterocycles. The molecule has 0 spiro atoms. The van der Waals surface area contributed by atoms with Crippen molar-refractivity contribution < 1.29 is 5.21 Å². The van der Waals surface area contributed by atoms with E-state index in [2.05, 4.69) is 15.1 Å². The van der Waals surface area contributed by atoms with Gasteiger partial charge >= 0.3 is 0 Å². The van der Waals surface area contributed by atoms with E-state index in [-0.39, 0.29) is 5.84 Å². The largest absolute Gasteiger partial charge is 0.409 e. The Labute approximate surface area is 109 Å². The zero-order valence-corrected chi connectivity index (χ0v) is 10.6. The Morgan fingerprint density at radius 2 is 2.33 bits per heavy atom. The number of imidazole rings is 1. The van der Waals surface area contributed by atoms with Gasteiger partial charge in [0, 0.05) is 31.4 Å². The number of aromatic nitrogens is 3. The number of rotatable bonds is 4. The molecule has 0 amide bonds. The van der Waals surface area contributed by atoms with Crippen LogP contribution < -0.4 is 5.73 Å². The summed E-state index contributed by atoms with van der Waals surface area (Å²) >= 11 is 1.57. The summed E-state index contributed by atoms with van der Waals surface area (Å²) in [5.41, 5.74) is 6.99. The van der Waals surface area contributed by atoms with Gasteiger partial charge in [-0.15, -0.1) is 0 Å². The van der Waals surface area contributed by atoms with Crippen molar-refractivity contribution >= 4 is 17.6 Å². The third kappa shape index (κ3) is 2.62. The molecule has 0 aliphatic carbocycles. The quantitative estimate of drug-likeness (QED) is 0.284. The summed E-state index contributed by atoms with van der Waals surface area (Å²) in [5, 5.41) is 12.6. The Bertz CT molecular complexity index is 566. The lowest BCUT2D eigenvalue weighted by Crippen LogP contribution is -2.17. The molecular weight excluding hydrogens is 250 g/mol. The van der Waals surface area contributed by atoms with Gasteiger partial charge in [-0.05, 0) is 11.6 Å². The van der Waals surface area contributed by atoms with Crippen molar-refractivity contribution in [3.05, 3.63) is 42.0 Å². The van der Waals surface area contributed by atoms with E-state index in [1.54, 1.807) is 24.2 Å². The molecule has 0 fully saturated rings. The van der Waals surface area contributed by atoms with E-state index in [9.17, 15) is 0 Å². The van der Waals surface area contributed by atoms with E-state index in [1.165, 1.54) is 0 Å². The van der Waals surface area contributed by atoms with Crippen LogP contribution in [-0.4, -0.2) is 25.6 Å². The summed E-state index contributed by atoms with van der Waals surface area (Å²) in [6.45, 7) is 0. The van der Waals surface area contributed by atoms with E-state index < -0.39 is 0 Å². The SMILES string of the molecule is Cn1ccnc1SCc1cccnc1/C(N)=N/O. The molecule has 2 heterocycles. The number of hydrogen-bond acceptors (Lipinski definition) is 5. The van der Waals surface area contributed by atoms with Gasteiger partial charge in [0.15, 0.2) is 11.0 Å². The first-order valence-corrected chi connectivity index (χ1v) is 6.23. The van der Waals surface area contributed by atoms with Crippen molar-refractivity contribution in [1.82, 2.24) is 14.5 Å². The van der Waals surface area contributed by atoms with Gasteiger partial charge in [-0.3, -0.25) is 4.98 Å². The highest BCUT2D eigenvalue weighted by Crippen LogP contribution is 2.21. The van der Waals surface area contributed by atoms with Crippen LogP contribution in [-0.2, 0) is 12.8 Å². The molecule has 0 aliphatic rings. The molecule has 2 aromatic heterocycles. The molecule has 2 aromatic rings. The van der Waals surface area contributed by atoms with Gasteiger partial charge in [-0.25, -0.2) is 4.98 Å². The maximum Gasteiger partial charge on any atom is 0.189 e. The molecule has 0 unspecified atom stereocenters. The molecule has 94 valence electrons. The predicted molar refractivity (Wildman–Crippen MR) is 69.5 cm³/mol. The number of oxime groups is 1. The molecule has 0 atom stereocenters. The first-order chi connectivity index (χ1) is 8.72. The van der Waals surface area contributed by atoms with Crippen molar-refractivity contribution in [3.8, 4) is 0 Å². The van der Waals surface area contributed by atoms with Crippen LogP contribution in [0.2, 0.25) is 0 Å². The normalized spacial score (nSPS) is 11.7. The van der Waals surface area contributed by atoms with Gasteiger partial charge in [0.2, 0.25) is 0 Å². The second kappa shape index (κ2) is 5.54. The lowest BCUT2D eigenvalue weighted by Gasteiger charge is -2.06. The van der Waals surface area contributed by atoms with Crippen LogP contribution in [0.25, 0.3) is 0 Å². The first kappa shape index (κ1) is 12.4. The number of aryl methyl sites for hydroxylation is 1. The van der Waals surface area contributed by atoms with Gasteiger partial charge in [0.05, 0.1) is 0 Å². The molecule has 3 N–H and O–H groups in total. The molecular formula is C11H13N5OS. The van der Waals surface area contributed by atoms with E-state index >= 15 is 0 Å². The van der Waals surface area contributed by atoms with E-state index in [1.807, 2.05) is 29.9 Å². The number of thioether (sulfide) groups is 1. The van der Waals surface area contributed by atoms with Crippen molar-refractivity contribution in [1.29, 1.82) is 0 Å². The molecule has 0 radical (unpaired) electrons. The Morgan fingerprint density at radius 1 is 1.50 bits per heavy atom. The van der Waals surface area contributed by atoms with Crippen LogP contribution in [0.15, 0.2) is 41.0 Å². The van der Waals surface area contributed by atoms with Crippen molar-refractivity contribution in [2.45, 2.75) is 10.9 Å². The Morgan fingerprint density at radius 3 is 3.00 bits per heavy atom. The van der Waals surface area contributed by atoms with Crippen molar-refractivity contribution in [3.63, 3.8) is 0 Å². The molecule has 2 rings (SSSR count). The number of amidine groups is 1. The zero-order chi connectivity index (χ0) is 13.0. The van der Waals surface area contributed by atoms with Crippen LogP contribution in [0, 0.1) is 0 Å². The third-order valence-corrected chi connectivity index (χ3v) is 3.48. The first-order valence-electron chi connectivity index (χ1n) is 5.24. The minimum atomic E-state index is 0.0195. The topological polar surface area (TPSA) is 89.3 Å². The van der Waals surface area contributed by atoms with Crippen LogP contribution in [0.5, 0.6) is 0 Å². The predicted octanol–water partition coefficient (Wildman–Crippen LogP) is 1.20. The molecule has 0 aliphatic heterocycles. The average Bonchev–Trinajstić information content (AvgIpc) is 2.81. The minimum absolute atomic E-state index is 0.0195. The lowest BCUT2D eigenvalue weighted by molar-refractivity contribution is 0.318. The van der Waals surface area contributed by atoms with Crippen molar-refractivity contribution in [2.24, 2.45) is 17.9 Å². The highest BCUT2D eigenvalue weighted by Gasteiger charge is 2.09. The minimum Gasteiger partial charge on any atom is -0.409 e. The van der Waals surface area contributed by atoms with Gasteiger partial charge in [-0.2, -0.15) is 0 Å². The second-order valence-electron chi connectivity index (χ2n) is 3.61.